The zero-order chi connectivity index (χ0) is 22.9. The van der Waals surface area contributed by atoms with E-state index in [2.05, 4.69) is 16.3 Å². The number of hydrogen-bond donors (Lipinski definition) is 0. The summed E-state index contributed by atoms with van der Waals surface area (Å²) in [6, 6.07) is 16.8. The number of carbonyl (C=O) groups is 1. The number of thioether (sulfide) groups is 1. The van der Waals surface area contributed by atoms with Crippen molar-refractivity contribution in [3.8, 4) is 23.2 Å². The summed E-state index contributed by atoms with van der Waals surface area (Å²) < 4.78 is 7.44. The first-order chi connectivity index (χ1) is 15.6. The van der Waals surface area contributed by atoms with Gasteiger partial charge in [-0.25, -0.2) is 0 Å². The van der Waals surface area contributed by atoms with Crippen LogP contribution in [0, 0.1) is 11.3 Å². The van der Waals surface area contributed by atoms with Crippen molar-refractivity contribution in [2.75, 3.05) is 23.8 Å². The van der Waals surface area contributed by atoms with Gasteiger partial charge in [-0.1, -0.05) is 23.4 Å². The number of aromatic nitrogens is 3. The van der Waals surface area contributed by atoms with Crippen LogP contribution in [0.3, 0.4) is 0 Å². The fourth-order valence-electron chi connectivity index (χ4n) is 3.15. The lowest BCUT2D eigenvalue weighted by atomic mass is 10.2. The van der Waals surface area contributed by atoms with Crippen LogP contribution in [0.1, 0.15) is 20.3 Å². The maximum absolute atomic E-state index is 13.0. The predicted octanol–water partition coefficient (Wildman–Crippen LogP) is 5.06. The normalized spacial score (nSPS) is 10.6. The topological polar surface area (TPSA) is 84.0 Å². The van der Waals surface area contributed by atoms with E-state index < -0.39 is 0 Å². The Bertz CT molecular complexity index is 1080. The molecular formula is C23H24ClN5O2S. The summed E-state index contributed by atoms with van der Waals surface area (Å²) in [5, 5.41) is 18.9. The van der Waals surface area contributed by atoms with Gasteiger partial charge < -0.3 is 14.2 Å². The lowest BCUT2D eigenvalue weighted by Crippen LogP contribution is -2.33. The van der Waals surface area contributed by atoms with E-state index >= 15 is 0 Å². The number of nitriles is 1. The van der Waals surface area contributed by atoms with E-state index in [0.29, 0.717) is 29.9 Å². The predicted molar refractivity (Wildman–Crippen MR) is 127 cm³/mol. The third-order valence-corrected chi connectivity index (χ3v) is 5.87. The molecule has 0 spiro atoms. The number of rotatable bonds is 10. The number of ether oxygens (including phenoxy) is 1. The SMILES string of the molecule is CCOc1ccc(N(CCC#N)C(=O)CSc2nnc(-c3ccc(Cl)cc3)n2CC)cc1. The number of benzene rings is 2. The van der Waals surface area contributed by atoms with E-state index in [4.69, 9.17) is 21.6 Å². The Balaban J connectivity index is 1.74. The van der Waals surface area contributed by atoms with E-state index in [1.807, 2.05) is 66.9 Å². The standard InChI is InChI=1S/C23H24ClN5O2S/c1-3-28-22(17-6-8-18(24)9-7-17)26-27-23(28)32-16-21(30)29(15-5-14-25)19-10-12-20(13-11-19)31-4-2/h6-13H,3-5,15-16H2,1-2H3. The first kappa shape index (κ1) is 23.6. The van der Waals surface area contributed by atoms with Crippen molar-refractivity contribution in [3.05, 3.63) is 53.6 Å². The van der Waals surface area contributed by atoms with Crippen molar-refractivity contribution in [3.63, 3.8) is 0 Å². The number of halogens is 1. The molecule has 32 heavy (non-hydrogen) atoms. The van der Waals surface area contributed by atoms with Crippen molar-refractivity contribution in [2.24, 2.45) is 0 Å². The second-order valence-corrected chi connectivity index (χ2v) is 8.11. The molecule has 1 heterocycles. The molecule has 0 aliphatic rings. The second kappa shape index (κ2) is 11.6. The molecule has 1 amide bonds. The van der Waals surface area contributed by atoms with Gasteiger partial charge in [0.2, 0.25) is 5.91 Å². The maximum atomic E-state index is 13.0. The number of nitrogens with zero attached hydrogens (tertiary/aromatic N) is 5. The number of anilines is 1. The molecule has 1 aromatic heterocycles. The summed E-state index contributed by atoms with van der Waals surface area (Å²) in [5.41, 5.74) is 1.64. The summed E-state index contributed by atoms with van der Waals surface area (Å²) in [6.07, 6.45) is 0.246. The smallest absolute Gasteiger partial charge is 0.237 e. The van der Waals surface area contributed by atoms with Gasteiger partial charge in [-0.2, -0.15) is 5.26 Å². The molecule has 0 radical (unpaired) electrons. The summed E-state index contributed by atoms with van der Waals surface area (Å²) in [6.45, 7) is 5.48. The first-order valence-corrected chi connectivity index (χ1v) is 11.7. The summed E-state index contributed by atoms with van der Waals surface area (Å²) >= 11 is 7.32. The average molecular weight is 470 g/mol. The Kier molecular flexibility index (Phi) is 8.54. The highest BCUT2D eigenvalue weighted by atomic mass is 35.5. The summed E-state index contributed by atoms with van der Waals surface area (Å²) in [5.74, 6) is 1.54. The Hall–Kier alpha value is -3.02. The van der Waals surface area contributed by atoms with Crippen molar-refractivity contribution >= 4 is 35.0 Å². The molecule has 7 nitrogen and oxygen atoms in total. The highest BCUT2D eigenvalue weighted by molar-refractivity contribution is 7.99. The Morgan fingerprint density at radius 1 is 1.16 bits per heavy atom. The van der Waals surface area contributed by atoms with Crippen LogP contribution in [0.5, 0.6) is 5.75 Å². The molecule has 0 atom stereocenters. The minimum Gasteiger partial charge on any atom is -0.494 e. The van der Waals surface area contributed by atoms with Gasteiger partial charge in [0, 0.05) is 29.4 Å². The van der Waals surface area contributed by atoms with Crippen molar-refractivity contribution in [2.45, 2.75) is 32.0 Å². The maximum Gasteiger partial charge on any atom is 0.237 e. The van der Waals surface area contributed by atoms with Gasteiger partial charge in [-0.15, -0.1) is 10.2 Å². The lowest BCUT2D eigenvalue weighted by Gasteiger charge is -2.22. The third-order valence-electron chi connectivity index (χ3n) is 4.67. The summed E-state index contributed by atoms with van der Waals surface area (Å²) in [4.78, 5) is 14.7. The number of carbonyl (C=O) groups excluding carboxylic acids is 1. The minimum atomic E-state index is -0.104. The van der Waals surface area contributed by atoms with Crippen molar-refractivity contribution < 1.29 is 9.53 Å². The van der Waals surface area contributed by atoms with Crippen LogP contribution in [0.15, 0.2) is 53.7 Å². The van der Waals surface area contributed by atoms with Gasteiger partial charge in [0.15, 0.2) is 11.0 Å². The van der Waals surface area contributed by atoms with E-state index in [1.165, 1.54) is 11.8 Å². The molecule has 2 aromatic carbocycles. The van der Waals surface area contributed by atoms with Crippen LogP contribution in [-0.4, -0.2) is 39.6 Å². The van der Waals surface area contributed by atoms with Gasteiger partial charge in [-0.05, 0) is 62.4 Å². The first-order valence-electron chi connectivity index (χ1n) is 10.3. The second-order valence-electron chi connectivity index (χ2n) is 6.73. The zero-order valence-corrected chi connectivity index (χ0v) is 19.6. The fraction of sp³-hybridized carbons (Fsp3) is 0.304. The monoisotopic (exact) mass is 469 g/mol. The highest BCUT2D eigenvalue weighted by Crippen LogP contribution is 2.26. The summed E-state index contributed by atoms with van der Waals surface area (Å²) in [7, 11) is 0. The quantitative estimate of drug-likeness (QED) is 0.386. The van der Waals surface area contributed by atoms with E-state index in [9.17, 15) is 4.79 Å². The molecule has 9 heteroatoms. The molecule has 3 rings (SSSR count). The molecule has 0 N–H and O–H groups in total. The average Bonchev–Trinajstić information content (AvgIpc) is 3.22. The van der Waals surface area contributed by atoms with Crippen molar-refractivity contribution in [1.82, 2.24) is 14.8 Å². The van der Waals surface area contributed by atoms with E-state index in [0.717, 1.165) is 22.8 Å². The number of hydrogen-bond acceptors (Lipinski definition) is 6. The van der Waals surface area contributed by atoms with Gasteiger partial charge in [0.25, 0.3) is 0 Å². The van der Waals surface area contributed by atoms with Gasteiger partial charge >= 0.3 is 0 Å². The largest absolute Gasteiger partial charge is 0.494 e. The molecular weight excluding hydrogens is 446 g/mol. The molecule has 0 bridgehead atoms. The van der Waals surface area contributed by atoms with Gasteiger partial charge in [0.05, 0.1) is 24.8 Å². The zero-order valence-electron chi connectivity index (χ0n) is 18.0. The Morgan fingerprint density at radius 3 is 2.50 bits per heavy atom. The Labute approximate surface area is 197 Å². The molecule has 0 aliphatic heterocycles. The number of amides is 1. The molecule has 0 unspecified atom stereocenters. The Morgan fingerprint density at radius 2 is 1.88 bits per heavy atom. The molecule has 3 aromatic rings. The molecule has 166 valence electrons. The molecule has 0 saturated heterocycles. The van der Waals surface area contributed by atoms with E-state index in [-0.39, 0.29) is 18.1 Å². The third kappa shape index (κ3) is 5.81. The van der Waals surface area contributed by atoms with Crippen LogP contribution in [0.25, 0.3) is 11.4 Å². The van der Waals surface area contributed by atoms with Crippen LogP contribution in [0.4, 0.5) is 5.69 Å². The van der Waals surface area contributed by atoms with E-state index in [1.54, 1.807) is 4.90 Å². The molecule has 0 saturated carbocycles. The van der Waals surface area contributed by atoms with Crippen LogP contribution in [-0.2, 0) is 11.3 Å². The fourth-order valence-corrected chi connectivity index (χ4v) is 4.15. The molecule has 0 fully saturated rings. The van der Waals surface area contributed by atoms with Crippen LogP contribution >= 0.6 is 23.4 Å². The highest BCUT2D eigenvalue weighted by Gasteiger charge is 2.19. The van der Waals surface area contributed by atoms with Gasteiger partial charge in [0.1, 0.15) is 5.75 Å². The van der Waals surface area contributed by atoms with Gasteiger partial charge in [-0.3, -0.25) is 4.79 Å². The van der Waals surface area contributed by atoms with Crippen LogP contribution < -0.4 is 9.64 Å². The molecule has 0 aliphatic carbocycles. The lowest BCUT2D eigenvalue weighted by molar-refractivity contribution is -0.116. The minimum absolute atomic E-state index is 0.104. The van der Waals surface area contributed by atoms with Crippen LogP contribution in [0.2, 0.25) is 5.02 Å². The van der Waals surface area contributed by atoms with Crippen molar-refractivity contribution in [1.29, 1.82) is 5.26 Å².